The molecule has 0 amide bonds. The smallest absolute Gasteiger partial charge is 0.178 e. The first-order valence-electron chi connectivity index (χ1n) is 5.62. The zero-order valence-corrected chi connectivity index (χ0v) is 9.43. The minimum Gasteiger partial charge on any atom is -0.327 e. The van der Waals surface area contributed by atoms with Crippen LogP contribution in [0.4, 0.5) is 0 Å². The van der Waals surface area contributed by atoms with Gasteiger partial charge in [-0.3, -0.25) is 4.98 Å². The van der Waals surface area contributed by atoms with Crippen molar-refractivity contribution in [3.05, 3.63) is 30.2 Å². The molecule has 0 saturated carbocycles. The van der Waals surface area contributed by atoms with Crippen molar-refractivity contribution in [2.45, 2.75) is 32.2 Å². The standard InChI is InChI=1S/C12H16N4/c1-2-3-9(13)8-10-4-5-11-12(16-10)15-7-6-14-11/h4-7,9H,2-3,8,13H2,1H3. The number of hydrogen-bond donors (Lipinski definition) is 1. The SMILES string of the molecule is CCCC(N)Cc1ccc2nccnc2n1. The first-order valence-corrected chi connectivity index (χ1v) is 5.62. The van der Waals surface area contributed by atoms with Crippen molar-refractivity contribution < 1.29 is 0 Å². The fourth-order valence-electron chi connectivity index (χ4n) is 1.75. The van der Waals surface area contributed by atoms with Crippen molar-refractivity contribution in [2.75, 3.05) is 0 Å². The number of rotatable bonds is 4. The Morgan fingerprint density at radius 3 is 2.88 bits per heavy atom. The molecule has 2 rings (SSSR count). The zero-order chi connectivity index (χ0) is 11.4. The Kier molecular flexibility index (Phi) is 3.41. The van der Waals surface area contributed by atoms with Crippen LogP contribution < -0.4 is 5.73 Å². The molecule has 0 aliphatic heterocycles. The molecule has 2 aromatic heterocycles. The van der Waals surface area contributed by atoms with E-state index in [1.807, 2.05) is 12.1 Å². The average molecular weight is 216 g/mol. The van der Waals surface area contributed by atoms with Gasteiger partial charge in [-0.15, -0.1) is 0 Å². The lowest BCUT2D eigenvalue weighted by molar-refractivity contribution is 0.594. The molecule has 1 atom stereocenters. The highest BCUT2D eigenvalue weighted by Gasteiger charge is 2.05. The van der Waals surface area contributed by atoms with Gasteiger partial charge in [-0.2, -0.15) is 0 Å². The predicted molar refractivity (Wildman–Crippen MR) is 63.9 cm³/mol. The van der Waals surface area contributed by atoms with Crippen molar-refractivity contribution in [1.29, 1.82) is 0 Å². The first-order chi connectivity index (χ1) is 7.79. The third-order valence-corrected chi connectivity index (χ3v) is 2.52. The molecule has 16 heavy (non-hydrogen) atoms. The molecule has 2 N–H and O–H groups in total. The van der Waals surface area contributed by atoms with Crippen molar-refractivity contribution in [2.24, 2.45) is 5.73 Å². The van der Waals surface area contributed by atoms with Crippen LogP contribution >= 0.6 is 0 Å². The van der Waals surface area contributed by atoms with E-state index in [0.29, 0.717) is 5.65 Å². The molecule has 2 heterocycles. The van der Waals surface area contributed by atoms with Crippen LogP contribution in [0.25, 0.3) is 11.2 Å². The van der Waals surface area contributed by atoms with Gasteiger partial charge in [0.15, 0.2) is 5.65 Å². The fraction of sp³-hybridized carbons (Fsp3) is 0.417. The van der Waals surface area contributed by atoms with Crippen molar-refractivity contribution in [3.63, 3.8) is 0 Å². The highest BCUT2D eigenvalue weighted by molar-refractivity contribution is 5.68. The molecule has 4 nitrogen and oxygen atoms in total. The molecule has 0 fully saturated rings. The largest absolute Gasteiger partial charge is 0.327 e. The third kappa shape index (κ3) is 2.52. The molecule has 0 aromatic carbocycles. The van der Waals surface area contributed by atoms with Gasteiger partial charge in [0.1, 0.15) is 5.52 Å². The van der Waals surface area contributed by atoms with Crippen LogP contribution in [0, 0.1) is 0 Å². The van der Waals surface area contributed by atoms with E-state index < -0.39 is 0 Å². The second-order valence-corrected chi connectivity index (χ2v) is 3.95. The Morgan fingerprint density at radius 2 is 2.06 bits per heavy atom. The van der Waals surface area contributed by atoms with E-state index in [-0.39, 0.29) is 6.04 Å². The maximum atomic E-state index is 5.98. The molecule has 0 radical (unpaired) electrons. The van der Waals surface area contributed by atoms with Gasteiger partial charge >= 0.3 is 0 Å². The second-order valence-electron chi connectivity index (χ2n) is 3.95. The zero-order valence-electron chi connectivity index (χ0n) is 9.43. The molecule has 0 saturated heterocycles. The summed E-state index contributed by atoms with van der Waals surface area (Å²) >= 11 is 0. The number of hydrogen-bond acceptors (Lipinski definition) is 4. The van der Waals surface area contributed by atoms with Gasteiger partial charge in [-0.25, -0.2) is 9.97 Å². The second kappa shape index (κ2) is 4.99. The van der Waals surface area contributed by atoms with Crippen molar-refractivity contribution >= 4 is 11.2 Å². The van der Waals surface area contributed by atoms with Gasteiger partial charge in [0, 0.05) is 30.6 Å². The van der Waals surface area contributed by atoms with Gasteiger partial charge in [-0.05, 0) is 18.6 Å². The molecule has 1 unspecified atom stereocenters. The summed E-state index contributed by atoms with van der Waals surface area (Å²) in [5.74, 6) is 0. The van der Waals surface area contributed by atoms with E-state index in [0.717, 1.165) is 30.5 Å². The maximum Gasteiger partial charge on any atom is 0.178 e. The van der Waals surface area contributed by atoms with E-state index in [9.17, 15) is 0 Å². The van der Waals surface area contributed by atoms with Crippen molar-refractivity contribution in [3.8, 4) is 0 Å². The number of aromatic nitrogens is 3. The number of fused-ring (bicyclic) bond motifs is 1. The van der Waals surface area contributed by atoms with E-state index >= 15 is 0 Å². The van der Waals surface area contributed by atoms with Gasteiger partial charge in [0.2, 0.25) is 0 Å². The molecule has 0 aliphatic rings. The summed E-state index contributed by atoms with van der Waals surface area (Å²) in [7, 11) is 0. The summed E-state index contributed by atoms with van der Waals surface area (Å²) < 4.78 is 0. The molecular weight excluding hydrogens is 200 g/mol. The van der Waals surface area contributed by atoms with Crippen LogP contribution in [-0.4, -0.2) is 21.0 Å². The van der Waals surface area contributed by atoms with Crippen LogP contribution in [0.5, 0.6) is 0 Å². The molecule has 84 valence electrons. The molecule has 0 bridgehead atoms. The molecule has 0 spiro atoms. The van der Waals surface area contributed by atoms with Gasteiger partial charge < -0.3 is 5.73 Å². The molecule has 4 heteroatoms. The summed E-state index contributed by atoms with van der Waals surface area (Å²) in [6.45, 7) is 2.14. The van der Waals surface area contributed by atoms with Crippen LogP contribution in [0.3, 0.4) is 0 Å². The van der Waals surface area contributed by atoms with Crippen LogP contribution in [-0.2, 0) is 6.42 Å². The fourth-order valence-corrected chi connectivity index (χ4v) is 1.75. The Hall–Kier alpha value is -1.55. The highest BCUT2D eigenvalue weighted by atomic mass is 14.9. The van der Waals surface area contributed by atoms with E-state index in [1.54, 1.807) is 12.4 Å². The van der Waals surface area contributed by atoms with E-state index in [4.69, 9.17) is 5.73 Å². The van der Waals surface area contributed by atoms with Crippen LogP contribution in [0.1, 0.15) is 25.5 Å². The first kappa shape index (κ1) is 11.0. The highest BCUT2D eigenvalue weighted by Crippen LogP contribution is 2.09. The Bertz CT molecular complexity index is 469. The number of nitrogens with two attached hydrogens (primary N) is 1. The predicted octanol–water partition coefficient (Wildman–Crippen LogP) is 1.69. The van der Waals surface area contributed by atoms with Gasteiger partial charge in [0.05, 0.1) is 0 Å². The summed E-state index contributed by atoms with van der Waals surface area (Å²) in [6, 6.07) is 4.11. The van der Waals surface area contributed by atoms with Crippen molar-refractivity contribution in [1.82, 2.24) is 15.0 Å². The number of pyridine rings is 1. The minimum absolute atomic E-state index is 0.187. The van der Waals surface area contributed by atoms with Gasteiger partial charge in [-0.1, -0.05) is 13.3 Å². The minimum atomic E-state index is 0.187. The summed E-state index contributed by atoms with van der Waals surface area (Å²) in [5.41, 5.74) is 8.51. The normalized spacial score (nSPS) is 12.9. The number of nitrogens with zero attached hydrogens (tertiary/aromatic N) is 3. The lowest BCUT2D eigenvalue weighted by Crippen LogP contribution is -2.22. The average Bonchev–Trinajstić information content (AvgIpc) is 2.29. The Balaban J connectivity index is 2.19. The monoisotopic (exact) mass is 216 g/mol. The van der Waals surface area contributed by atoms with Gasteiger partial charge in [0.25, 0.3) is 0 Å². The molecular formula is C12H16N4. The lowest BCUT2D eigenvalue weighted by Gasteiger charge is -2.09. The van der Waals surface area contributed by atoms with Crippen LogP contribution in [0.2, 0.25) is 0 Å². The quantitative estimate of drug-likeness (QED) is 0.844. The van der Waals surface area contributed by atoms with E-state index in [1.165, 1.54) is 0 Å². The Labute approximate surface area is 94.9 Å². The summed E-state index contributed by atoms with van der Waals surface area (Å²) in [6.07, 6.45) is 6.27. The molecule has 2 aromatic rings. The van der Waals surface area contributed by atoms with E-state index in [2.05, 4.69) is 21.9 Å². The third-order valence-electron chi connectivity index (χ3n) is 2.52. The summed E-state index contributed by atoms with van der Waals surface area (Å²) in [5, 5.41) is 0. The maximum absolute atomic E-state index is 5.98. The topological polar surface area (TPSA) is 64.7 Å². The van der Waals surface area contributed by atoms with Crippen LogP contribution in [0.15, 0.2) is 24.5 Å². The summed E-state index contributed by atoms with van der Waals surface area (Å²) in [4.78, 5) is 12.8. The Morgan fingerprint density at radius 1 is 1.25 bits per heavy atom. The lowest BCUT2D eigenvalue weighted by atomic mass is 10.1. The molecule has 0 aliphatic carbocycles.